The molecule has 3 amide bonds. The van der Waals surface area contributed by atoms with Gasteiger partial charge >= 0.3 is 6.03 Å². The second kappa shape index (κ2) is 9.88. The van der Waals surface area contributed by atoms with Crippen LogP contribution in [0.5, 0.6) is 0 Å². The Morgan fingerprint density at radius 1 is 1.17 bits per heavy atom. The van der Waals surface area contributed by atoms with Gasteiger partial charge in [-0.05, 0) is 32.1 Å². The first-order valence-corrected chi connectivity index (χ1v) is 8.74. The lowest BCUT2D eigenvalue weighted by molar-refractivity contribution is -0.885. The van der Waals surface area contributed by atoms with Gasteiger partial charge in [0.1, 0.15) is 6.54 Å². The summed E-state index contributed by atoms with van der Waals surface area (Å²) in [5.74, 6) is -0.252. The highest BCUT2D eigenvalue weighted by Gasteiger charge is 2.13. The number of carbonyl (C=O) groups excluding carboxylic acids is 2. The molecule has 0 saturated heterocycles. The molecule has 1 unspecified atom stereocenters. The number of rotatable bonds is 7. The minimum absolute atomic E-state index is 0.252. The van der Waals surface area contributed by atoms with Crippen molar-refractivity contribution in [1.29, 1.82) is 0 Å². The number of carbonyl (C=O) groups is 2. The van der Waals surface area contributed by atoms with Crippen LogP contribution in [0.3, 0.4) is 0 Å². The second-order valence-electron chi connectivity index (χ2n) is 6.46. The van der Waals surface area contributed by atoms with E-state index in [1.165, 1.54) is 24.0 Å². The molecule has 0 aliphatic heterocycles. The second-order valence-corrected chi connectivity index (χ2v) is 6.46. The largest absolute Gasteiger partial charge is 0.337 e. The molecule has 1 aromatic carbocycles. The van der Waals surface area contributed by atoms with E-state index in [0.717, 1.165) is 30.7 Å². The van der Waals surface area contributed by atoms with E-state index < -0.39 is 6.03 Å². The van der Waals surface area contributed by atoms with E-state index in [-0.39, 0.29) is 12.5 Å². The van der Waals surface area contributed by atoms with E-state index in [0.29, 0.717) is 6.54 Å². The number of likely N-dealkylation sites (N-methyl/N-ethyl adjacent to an activating group) is 1. The molecule has 1 aliphatic carbocycles. The van der Waals surface area contributed by atoms with Crippen molar-refractivity contribution in [2.24, 2.45) is 0 Å². The monoisotopic (exact) mass is 330 g/mol. The molecule has 0 heterocycles. The van der Waals surface area contributed by atoms with E-state index in [1.807, 2.05) is 37.4 Å². The minimum atomic E-state index is -0.399. The van der Waals surface area contributed by atoms with Gasteiger partial charge in [-0.25, -0.2) is 4.79 Å². The summed E-state index contributed by atoms with van der Waals surface area (Å²) >= 11 is 0. The van der Waals surface area contributed by atoms with Crippen LogP contribution in [0, 0.1) is 0 Å². The topological polar surface area (TPSA) is 62.6 Å². The van der Waals surface area contributed by atoms with Crippen LogP contribution in [-0.4, -0.2) is 32.1 Å². The molecule has 5 heteroatoms. The van der Waals surface area contributed by atoms with Gasteiger partial charge in [-0.15, -0.1) is 0 Å². The fourth-order valence-electron chi connectivity index (χ4n) is 2.96. The Bertz CT molecular complexity index is 569. The number of amides is 3. The van der Waals surface area contributed by atoms with Gasteiger partial charge in [0.05, 0.1) is 7.05 Å². The summed E-state index contributed by atoms with van der Waals surface area (Å²) in [4.78, 5) is 24.7. The van der Waals surface area contributed by atoms with E-state index in [4.69, 9.17) is 0 Å². The fourth-order valence-corrected chi connectivity index (χ4v) is 2.96. The van der Waals surface area contributed by atoms with Crippen LogP contribution in [0.25, 0.3) is 0 Å². The number of hydrogen-bond donors (Lipinski definition) is 3. The molecule has 1 atom stereocenters. The Labute approximate surface area is 144 Å². The van der Waals surface area contributed by atoms with Crippen molar-refractivity contribution in [2.45, 2.75) is 38.6 Å². The van der Waals surface area contributed by atoms with Crippen molar-refractivity contribution >= 4 is 11.9 Å². The summed E-state index contributed by atoms with van der Waals surface area (Å²) in [7, 11) is 1.94. The maximum atomic E-state index is 11.9. The van der Waals surface area contributed by atoms with Crippen LogP contribution < -0.4 is 15.5 Å². The van der Waals surface area contributed by atoms with Gasteiger partial charge in [0, 0.05) is 12.1 Å². The minimum Gasteiger partial charge on any atom is -0.337 e. The molecule has 0 bridgehead atoms. The summed E-state index contributed by atoms with van der Waals surface area (Å²) < 4.78 is 0. The molecule has 3 N–H and O–H groups in total. The number of benzene rings is 1. The Balaban J connectivity index is 1.62. The molecule has 0 spiro atoms. The molecule has 0 fully saturated rings. The van der Waals surface area contributed by atoms with Crippen LogP contribution in [0.2, 0.25) is 0 Å². The average molecular weight is 330 g/mol. The number of nitrogens with one attached hydrogen (secondary N) is 3. The third kappa shape index (κ3) is 6.96. The zero-order chi connectivity index (χ0) is 17.2. The maximum Gasteiger partial charge on any atom is 0.321 e. The number of imide groups is 1. The number of allylic oxidation sites excluding steroid dienone is 1. The Morgan fingerprint density at radius 2 is 1.96 bits per heavy atom. The van der Waals surface area contributed by atoms with Crippen LogP contribution in [-0.2, 0) is 11.3 Å². The van der Waals surface area contributed by atoms with Gasteiger partial charge in [0.25, 0.3) is 5.91 Å². The predicted molar refractivity (Wildman–Crippen MR) is 94.6 cm³/mol. The molecule has 0 aromatic heterocycles. The normalized spacial score (nSPS) is 15.3. The van der Waals surface area contributed by atoms with Crippen molar-refractivity contribution in [2.75, 3.05) is 20.1 Å². The quantitative estimate of drug-likeness (QED) is 0.662. The van der Waals surface area contributed by atoms with Gasteiger partial charge < -0.3 is 10.2 Å². The standard InChI is InChI=1S/C19H27N3O2/c1-22(14-17-10-6-3-7-11-17)15-18(23)21-19(24)20-13-12-16-8-4-2-5-9-16/h3,6-8,10-11H,2,4-5,9,12-15H2,1H3,(H2,20,21,23,24)/p+1. The van der Waals surface area contributed by atoms with E-state index in [1.54, 1.807) is 0 Å². The highest BCUT2D eigenvalue weighted by Crippen LogP contribution is 2.19. The molecular formula is C19H28N3O2+. The first-order chi connectivity index (χ1) is 11.6. The highest BCUT2D eigenvalue weighted by atomic mass is 16.2. The average Bonchev–Trinajstić information content (AvgIpc) is 2.56. The Hall–Kier alpha value is -2.14. The molecule has 2 rings (SSSR count). The number of urea groups is 1. The third-order valence-corrected chi connectivity index (χ3v) is 4.18. The number of quaternary nitrogens is 1. The lowest BCUT2D eigenvalue weighted by atomic mass is 9.97. The molecule has 24 heavy (non-hydrogen) atoms. The van der Waals surface area contributed by atoms with E-state index in [9.17, 15) is 9.59 Å². The molecule has 130 valence electrons. The Morgan fingerprint density at radius 3 is 2.67 bits per heavy atom. The summed E-state index contributed by atoms with van der Waals surface area (Å²) in [6, 6.07) is 9.61. The highest BCUT2D eigenvalue weighted by molar-refractivity contribution is 5.94. The molecule has 0 saturated carbocycles. The van der Waals surface area contributed by atoms with Crippen molar-refractivity contribution < 1.29 is 14.5 Å². The van der Waals surface area contributed by atoms with Crippen molar-refractivity contribution in [3.8, 4) is 0 Å². The summed E-state index contributed by atoms with van der Waals surface area (Å²) in [5.41, 5.74) is 2.59. The SMILES string of the molecule is C[NH+](CC(=O)NC(=O)NCCC1=CCCCC1)Cc1ccccc1. The molecule has 0 radical (unpaired) electrons. The summed E-state index contributed by atoms with van der Waals surface area (Å²) in [6.45, 7) is 1.61. The number of hydrogen-bond acceptors (Lipinski definition) is 2. The van der Waals surface area contributed by atoms with Gasteiger partial charge in [0.15, 0.2) is 6.54 Å². The van der Waals surface area contributed by atoms with Gasteiger partial charge in [-0.1, -0.05) is 42.0 Å². The predicted octanol–water partition coefficient (Wildman–Crippen LogP) is 1.42. The molecule has 5 nitrogen and oxygen atoms in total. The first kappa shape index (κ1) is 18.2. The van der Waals surface area contributed by atoms with Gasteiger partial charge in [0.2, 0.25) is 0 Å². The third-order valence-electron chi connectivity index (χ3n) is 4.18. The Kier molecular flexibility index (Phi) is 7.49. The maximum absolute atomic E-state index is 11.9. The van der Waals surface area contributed by atoms with Crippen LogP contribution in [0.15, 0.2) is 42.0 Å². The lowest BCUT2D eigenvalue weighted by Gasteiger charge is -2.14. The van der Waals surface area contributed by atoms with Crippen molar-refractivity contribution in [3.05, 3.63) is 47.5 Å². The fraction of sp³-hybridized carbons (Fsp3) is 0.474. The first-order valence-electron chi connectivity index (χ1n) is 8.74. The van der Waals surface area contributed by atoms with Gasteiger partial charge in [-0.2, -0.15) is 0 Å². The lowest BCUT2D eigenvalue weighted by Crippen LogP contribution is -3.09. The zero-order valence-electron chi connectivity index (χ0n) is 14.4. The van der Waals surface area contributed by atoms with Gasteiger partial charge in [-0.3, -0.25) is 10.1 Å². The zero-order valence-corrected chi connectivity index (χ0v) is 14.4. The molecular weight excluding hydrogens is 302 g/mol. The summed E-state index contributed by atoms with van der Waals surface area (Å²) in [6.07, 6.45) is 7.95. The molecule has 1 aliphatic rings. The summed E-state index contributed by atoms with van der Waals surface area (Å²) in [5, 5.41) is 5.17. The van der Waals surface area contributed by atoms with Crippen LogP contribution in [0.4, 0.5) is 4.79 Å². The molecule has 1 aromatic rings. The van der Waals surface area contributed by atoms with Crippen molar-refractivity contribution in [1.82, 2.24) is 10.6 Å². The van der Waals surface area contributed by atoms with Crippen molar-refractivity contribution in [3.63, 3.8) is 0 Å². The van der Waals surface area contributed by atoms with E-state index in [2.05, 4.69) is 16.7 Å². The van der Waals surface area contributed by atoms with Crippen LogP contribution in [0.1, 0.15) is 37.7 Å². The smallest absolute Gasteiger partial charge is 0.321 e. The van der Waals surface area contributed by atoms with E-state index >= 15 is 0 Å². The van der Waals surface area contributed by atoms with Crippen LogP contribution >= 0.6 is 0 Å².